The van der Waals surface area contributed by atoms with Crippen LogP contribution in [0.15, 0.2) is 231 Å². The van der Waals surface area contributed by atoms with E-state index in [9.17, 15) is 10.5 Å². The molecule has 12 aromatic carbocycles. The number of aryl methyl sites for hydroxylation is 4. The molecule has 350 valence electrons. The van der Waals surface area contributed by atoms with Gasteiger partial charge in [-0.3, -0.25) is 0 Å². The predicted molar refractivity (Wildman–Crippen MR) is 310 cm³/mol. The first-order chi connectivity index (χ1) is 36.2. The van der Waals surface area contributed by atoms with Crippen LogP contribution in [-0.2, 0) is 0 Å². The number of hydrogen-bond donors (Lipinski definition) is 0. The monoisotopic (exact) mass is 946 g/mol. The number of hydrogen-bond acceptors (Lipinski definition) is 4. The number of nitriles is 2. The fourth-order valence-electron chi connectivity index (χ4n) is 11.1. The van der Waals surface area contributed by atoms with Crippen molar-refractivity contribution in [3.05, 3.63) is 264 Å². The summed E-state index contributed by atoms with van der Waals surface area (Å²) in [5.74, 6) is 0. The molecule has 4 heteroatoms. The molecule has 0 aliphatic heterocycles. The molecule has 0 saturated heterocycles. The van der Waals surface area contributed by atoms with Gasteiger partial charge in [0, 0.05) is 33.5 Å². The van der Waals surface area contributed by atoms with Crippen LogP contribution < -0.4 is 9.80 Å². The molecular formula is C70H50N4. The highest BCUT2D eigenvalue weighted by molar-refractivity contribution is 6.28. The maximum atomic E-state index is 9.71. The van der Waals surface area contributed by atoms with E-state index in [2.05, 4.69) is 256 Å². The zero-order valence-electron chi connectivity index (χ0n) is 41.7. The van der Waals surface area contributed by atoms with E-state index in [0.717, 1.165) is 89.4 Å². The third-order valence-electron chi connectivity index (χ3n) is 14.3. The normalized spacial score (nSPS) is 11.2. The molecule has 0 unspecified atom stereocenters. The summed E-state index contributed by atoms with van der Waals surface area (Å²) in [7, 11) is 0. The molecule has 12 aromatic rings. The van der Waals surface area contributed by atoms with Crippen molar-refractivity contribution in [1.29, 1.82) is 10.5 Å². The minimum absolute atomic E-state index is 0.632. The highest BCUT2D eigenvalue weighted by Crippen LogP contribution is 2.49. The molecule has 0 bridgehead atoms. The van der Waals surface area contributed by atoms with Gasteiger partial charge in [0.1, 0.15) is 0 Å². The first-order valence-corrected chi connectivity index (χ1v) is 25.1. The Morgan fingerprint density at radius 3 is 0.932 bits per heavy atom. The van der Waals surface area contributed by atoms with Gasteiger partial charge in [-0.1, -0.05) is 133 Å². The van der Waals surface area contributed by atoms with E-state index in [4.69, 9.17) is 0 Å². The lowest BCUT2D eigenvalue weighted by atomic mass is 9.91. The maximum Gasteiger partial charge on any atom is 0.0991 e. The van der Waals surface area contributed by atoms with E-state index in [0.29, 0.717) is 11.1 Å². The zero-order chi connectivity index (χ0) is 50.5. The molecule has 0 amide bonds. The number of rotatable bonds is 10. The molecule has 0 aliphatic carbocycles. The third kappa shape index (κ3) is 8.45. The highest BCUT2D eigenvalue weighted by atomic mass is 15.2. The van der Waals surface area contributed by atoms with Crippen molar-refractivity contribution in [1.82, 2.24) is 0 Å². The van der Waals surface area contributed by atoms with E-state index in [1.54, 1.807) is 0 Å². The summed E-state index contributed by atoms with van der Waals surface area (Å²) in [6.45, 7) is 8.70. The van der Waals surface area contributed by atoms with Crippen LogP contribution in [0.1, 0.15) is 33.4 Å². The summed E-state index contributed by atoms with van der Waals surface area (Å²) in [5, 5.41) is 26.5. The van der Waals surface area contributed by atoms with Crippen molar-refractivity contribution in [2.75, 3.05) is 9.80 Å². The van der Waals surface area contributed by atoms with Gasteiger partial charge in [0.2, 0.25) is 0 Å². The second-order valence-corrected chi connectivity index (χ2v) is 19.6. The van der Waals surface area contributed by atoms with Gasteiger partial charge >= 0.3 is 0 Å². The Bertz CT molecular complexity index is 3870. The van der Waals surface area contributed by atoms with Crippen molar-refractivity contribution < 1.29 is 0 Å². The Kier molecular flexibility index (Phi) is 11.5. The topological polar surface area (TPSA) is 54.1 Å². The molecular weight excluding hydrogens is 897 g/mol. The Morgan fingerprint density at radius 2 is 0.595 bits per heavy atom. The molecule has 0 aromatic heterocycles. The van der Waals surface area contributed by atoms with Crippen LogP contribution in [0.4, 0.5) is 34.1 Å². The highest BCUT2D eigenvalue weighted by Gasteiger charge is 2.24. The summed E-state index contributed by atoms with van der Waals surface area (Å²) < 4.78 is 0. The minimum Gasteiger partial charge on any atom is -0.310 e. The Labute approximate surface area is 432 Å². The molecule has 0 fully saturated rings. The van der Waals surface area contributed by atoms with E-state index in [1.807, 2.05) is 24.3 Å². The zero-order valence-corrected chi connectivity index (χ0v) is 41.7. The Hall–Kier alpha value is -9.74. The third-order valence-corrected chi connectivity index (χ3v) is 14.3. The summed E-state index contributed by atoms with van der Waals surface area (Å²) in [6.07, 6.45) is 0. The first kappa shape index (κ1) is 45.4. The van der Waals surface area contributed by atoms with Crippen LogP contribution in [0, 0.1) is 50.4 Å². The largest absolute Gasteiger partial charge is 0.310 e. The van der Waals surface area contributed by atoms with Crippen molar-refractivity contribution in [2.45, 2.75) is 27.7 Å². The average Bonchev–Trinajstić information content (AvgIpc) is 3.44. The molecule has 0 aliphatic rings. The summed E-state index contributed by atoms with van der Waals surface area (Å²) in [5.41, 5.74) is 21.0. The molecule has 0 heterocycles. The van der Waals surface area contributed by atoms with Gasteiger partial charge in [0.05, 0.1) is 34.6 Å². The lowest BCUT2D eigenvalue weighted by Crippen LogP contribution is -2.12. The smallest absolute Gasteiger partial charge is 0.0991 e. The van der Waals surface area contributed by atoms with Crippen molar-refractivity contribution in [3.8, 4) is 56.6 Å². The van der Waals surface area contributed by atoms with Gasteiger partial charge in [-0.05, 0) is 213 Å². The molecule has 0 atom stereocenters. The van der Waals surface area contributed by atoms with Crippen molar-refractivity contribution in [3.63, 3.8) is 0 Å². The van der Waals surface area contributed by atoms with Crippen LogP contribution in [0.25, 0.3) is 76.8 Å². The average molecular weight is 947 g/mol. The fourth-order valence-corrected chi connectivity index (χ4v) is 11.1. The van der Waals surface area contributed by atoms with Crippen LogP contribution in [0.5, 0.6) is 0 Å². The molecule has 0 saturated carbocycles. The van der Waals surface area contributed by atoms with E-state index < -0.39 is 0 Å². The standard InChI is InChI=1S/C70H50N4/c1-45-31-46(2)34-61(33-45)73(63-39-57(51-11-7-5-8-12-51)37-59(41-63)53-19-15-49(43-71)16-20-53)67-29-25-55-24-28-66-68(30-26-56-23-27-65(67)69(55)70(56)66)74(62-35-47(3)32-48(4)36-62)64-40-58(52-13-9-6-10-14-52)38-60(42-64)54-21-17-50(44-72)18-22-54/h5-42H,1-4H3. The first-order valence-electron chi connectivity index (χ1n) is 25.1. The number of anilines is 6. The van der Waals surface area contributed by atoms with Crippen molar-refractivity contribution >= 4 is 66.4 Å². The molecule has 0 spiro atoms. The lowest BCUT2D eigenvalue weighted by molar-refractivity contribution is 1.26. The Morgan fingerprint density at radius 1 is 0.284 bits per heavy atom. The van der Waals surface area contributed by atoms with Crippen LogP contribution >= 0.6 is 0 Å². The van der Waals surface area contributed by atoms with E-state index >= 15 is 0 Å². The van der Waals surface area contributed by atoms with Gasteiger partial charge in [-0.2, -0.15) is 10.5 Å². The van der Waals surface area contributed by atoms with E-state index in [-0.39, 0.29) is 0 Å². The fraction of sp³-hybridized carbons (Fsp3) is 0.0571. The molecule has 12 rings (SSSR count). The number of benzene rings is 12. The summed E-state index contributed by atoms with van der Waals surface area (Å²) >= 11 is 0. The Balaban J connectivity index is 1.11. The summed E-state index contributed by atoms with van der Waals surface area (Å²) in [6, 6.07) is 87.3. The quantitative estimate of drug-likeness (QED) is 0.128. The summed E-state index contributed by atoms with van der Waals surface area (Å²) in [4.78, 5) is 4.88. The number of nitrogens with zero attached hydrogens (tertiary/aromatic N) is 4. The van der Waals surface area contributed by atoms with Gasteiger partial charge in [-0.15, -0.1) is 0 Å². The van der Waals surface area contributed by atoms with Gasteiger partial charge < -0.3 is 9.80 Å². The molecule has 0 radical (unpaired) electrons. The van der Waals surface area contributed by atoms with E-state index in [1.165, 1.54) is 43.8 Å². The van der Waals surface area contributed by atoms with Crippen molar-refractivity contribution in [2.24, 2.45) is 0 Å². The predicted octanol–water partition coefficient (Wildman–Crippen LogP) is 19.2. The minimum atomic E-state index is 0.632. The maximum absolute atomic E-state index is 9.71. The van der Waals surface area contributed by atoms with Crippen LogP contribution in [0.2, 0.25) is 0 Å². The van der Waals surface area contributed by atoms with Crippen LogP contribution in [-0.4, -0.2) is 0 Å². The molecule has 0 N–H and O–H groups in total. The second kappa shape index (κ2) is 18.8. The van der Waals surface area contributed by atoms with Gasteiger partial charge in [0.15, 0.2) is 0 Å². The van der Waals surface area contributed by atoms with Crippen LogP contribution in [0.3, 0.4) is 0 Å². The molecule has 4 nitrogen and oxygen atoms in total. The lowest BCUT2D eigenvalue weighted by Gasteiger charge is -2.31. The molecule has 74 heavy (non-hydrogen) atoms. The second-order valence-electron chi connectivity index (χ2n) is 19.6. The van der Waals surface area contributed by atoms with Gasteiger partial charge in [0.25, 0.3) is 0 Å². The SMILES string of the molecule is Cc1cc(C)cc(N(c2cc(-c3ccccc3)cc(-c3ccc(C#N)cc3)c2)c2ccc3ccc4c(N(c5cc(C)cc(C)c5)c5cc(-c6ccccc6)cc(-c6ccc(C#N)cc6)c5)ccc5ccc2c3c54)c1. The van der Waals surface area contributed by atoms with Gasteiger partial charge in [-0.25, -0.2) is 0 Å².